The predicted molar refractivity (Wildman–Crippen MR) is 72.6 cm³/mol. The lowest BCUT2D eigenvalue weighted by atomic mass is 9.98. The highest BCUT2D eigenvalue weighted by molar-refractivity contribution is 6.00. The summed E-state index contributed by atoms with van der Waals surface area (Å²) >= 11 is 0. The third kappa shape index (κ3) is 3.97. The van der Waals surface area contributed by atoms with Gasteiger partial charge in [-0.2, -0.15) is 0 Å². The Balaban J connectivity index is 2.85. The molecule has 1 N–H and O–H groups in total. The van der Waals surface area contributed by atoms with E-state index in [4.69, 9.17) is 0 Å². The molecule has 94 valence electrons. The zero-order chi connectivity index (χ0) is 13.2. The van der Waals surface area contributed by atoms with Crippen molar-refractivity contribution in [2.75, 3.05) is 0 Å². The second-order valence-electron chi connectivity index (χ2n) is 5.78. The Morgan fingerprint density at radius 2 is 1.76 bits per heavy atom. The van der Waals surface area contributed by atoms with Crippen molar-refractivity contribution in [3.8, 4) is 0 Å². The fourth-order valence-electron chi connectivity index (χ4n) is 1.86. The number of ketones is 1. The fourth-order valence-corrected chi connectivity index (χ4v) is 1.86. The zero-order valence-corrected chi connectivity index (χ0v) is 11.7. The van der Waals surface area contributed by atoms with E-state index in [1.807, 2.05) is 32.0 Å². The molecule has 0 heterocycles. The van der Waals surface area contributed by atoms with Crippen molar-refractivity contribution in [1.29, 1.82) is 0 Å². The number of Topliss-reactive ketones (excluding diaryl/α,β-unsaturated/α-hetero) is 1. The van der Waals surface area contributed by atoms with Gasteiger partial charge in [-0.15, -0.1) is 0 Å². The number of carbonyl (C=O) groups excluding carboxylic acids is 1. The Morgan fingerprint density at radius 3 is 2.24 bits per heavy atom. The molecule has 17 heavy (non-hydrogen) atoms. The van der Waals surface area contributed by atoms with E-state index in [0.717, 1.165) is 5.56 Å². The molecule has 0 spiro atoms. The number of nitrogens with one attached hydrogen (secondary N) is 1. The number of hydrogen-bond donors (Lipinski definition) is 1. The molecule has 0 bridgehead atoms. The monoisotopic (exact) mass is 233 g/mol. The van der Waals surface area contributed by atoms with Gasteiger partial charge in [0, 0.05) is 11.1 Å². The average Bonchev–Trinajstić information content (AvgIpc) is 2.18. The van der Waals surface area contributed by atoms with Crippen molar-refractivity contribution in [2.24, 2.45) is 0 Å². The first-order chi connectivity index (χ1) is 7.70. The second kappa shape index (κ2) is 5.01. The largest absolute Gasteiger partial charge is 0.303 e. The lowest BCUT2D eigenvalue weighted by molar-refractivity contribution is 0.0935. The summed E-state index contributed by atoms with van der Waals surface area (Å²) in [5.41, 5.74) is 3.13. The standard InChI is InChI=1S/C15H23NO/c1-10-7-8-13(9-11(10)2)14(17)12(3)16-15(4,5)6/h7-9,12,16H,1-6H3. The molecular formula is C15H23NO. The van der Waals surface area contributed by atoms with E-state index in [1.165, 1.54) is 11.1 Å². The molecular weight excluding hydrogens is 210 g/mol. The van der Waals surface area contributed by atoms with Gasteiger partial charge < -0.3 is 5.32 Å². The molecule has 0 aliphatic carbocycles. The summed E-state index contributed by atoms with van der Waals surface area (Å²) in [4.78, 5) is 12.2. The van der Waals surface area contributed by atoms with Crippen LogP contribution >= 0.6 is 0 Å². The lowest BCUT2D eigenvalue weighted by Crippen LogP contribution is -2.46. The van der Waals surface area contributed by atoms with Crippen LogP contribution < -0.4 is 5.32 Å². The highest BCUT2D eigenvalue weighted by atomic mass is 16.1. The van der Waals surface area contributed by atoms with E-state index in [-0.39, 0.29) is 17.4 Å². The van der Waals surface area contributed by atoms with Crippen molar-refractivity contribution < 1.29 is 4.79 Å². The quantitative estimate of drug-likeness (QED) is 0.812. The van der Waals surface area contributed by atoms with Gasteiger partial charge in [0.05, 0.1) is 6.04 Å². The highest BCUT2D eigenvalue weighted by Crippen LogP contribution is 2.13. The van der Waals surface area contributed by atoms with Crippen LogP contribution in [0, 0.1) is 13.8 Å². The van der Waals surface area contributed by atoms with Crippen molar-refractivity contribution in [3.63, 3.8) is 0 Å². The molecule has 1 rings (SSSR count). The summed E-state index contributed by atoms with van der Waals surface area (Å²) in [5.74, 6) is 0.156. The molecule has 0 fully saturated rings. The summed E-state index contributed by atoms with van der Waals surface area (Å²) in [7, 11) is 0. The number of hydrogen-bond acceptors (Lipinski definition) is 2. The Hall–Kier alpha value is -1.15. The van der Waals surface area contributed by atoms with Crippen LogP contribution in [0.5, 0.6) is 0 Å². The van der Waals surface area contributed by atoms with Crippen molar-refractivity contribution >= 4 is 5.78 Å². The Kier molecular flexibility index (Phi) is 4.10. The SMILES string of the molecule is Cc1ccc(C(=O)C(C)NC(C)(C)C)cc1C. The van der Waals surface area contributed by atoms with Crippen molar-refractivity contribution in [1.82, 2.24) is 5.32 Å². The minimum Gasteiger partial charge on any atom is -0.303 e. The van der Waals surface area contributed by atoms with Gasteiger partial charge in [-0.3, -0.25) is 4.79 Å². The summed E-state index contributed by atoms with van der Waals surface area (Å²) < 4.78 is 0. The van der Waals surface area contributed by atoms with E-state index in [1.54, 1.807) is 0 Å². The molecule has 1 aromatic carbocycles. The van der Waals surface area contributed by atoms with Crippen LogP contribution in [-0.2, 0) is 0 Å². The van der Waals surface area contributed by atoms with Gasteiger partial charge in [0.2, 0.25) is 0 Å². The maximum Gasteiger partial charge on any atom is 0.179 e. The maximum absolute atomic E-state index is 12.2. The lowest BCUT2D eigenvalue weighted by Gasteiger charge is -2.25. The molecule has 1 atom stereocenters. The number of aryl methyl sites for hydroxylation is 2. The zero-order valence-electron chi connectivity index (χ0n) is 11.7. The molecule has 1 unspecified atom stereocenters. The summed E-state index contributed by atoms with van der Waals surface area (Å²) in [6.45, 7) is 12.2. The van der Waals surface area contributed by atoms with Crippen LogP contribution in [0.3, 0.4) is 0 Å². The van der Waals surface area contributed by atoms with Crippen LogP contribution in [0.4, 0.5) is 0 Å². The van der Waals surface area contributed by atoms with Crippen LogP contribution in [0.1, 0.15) is 49.2 Å². The van der Waals surface area contributed by atoms with E-state index >= 15 is 0 Å². The normalized spacial score (nSPS) is 13.5. The molecule has 2 heteroatoms. The third-order valence-corrected chi connectivity index (χ3v) is 2.83. The molecule has 0 aliphatic heterocycles. The molecule has 0 amide bonds. The first-order valence-electron chi connectivity index (χ1n) is 6.10. The van der Waals surface area contributed by atoms with E-state index in [2.05, 4.69) is 33.0 Å². The minimum atomic E-state index is -0.155. The van der Waals surface area contributed by atoms with Gasteiger partial charge in [0.15, 0.2) is 5.78 Å². The maximum atomic E-state index is 12.2. The van der Waals surface area contributed by atoms with Gasteiger partial charge in [0.25, 0.3) is 0 Å². The van der Waals surface area contributed by atoms with Gasteiger partial charge in [-0.25, -0.2) is 0 Å². The van der Waals surface area contributed by atoms with Crippen LogP contribution in [-0.4, -0.2) is 17.4 Å². The predicted octanol–water partition coefficient (Wildman–Crippen LogP) is 3.26. The summed E-state index contributed by atoms with van der Waals surface area (Å²) in [6.07, 6.45) is 0. The van der Waals surface area contributed by atoms with Crippen molar-refractivity contribution in [3.05, 3.63) is 34.9 Å². The first-order valence-corrected chi connectivity index (χ1v) is 6.10. The summed E-state index contributed by atoms with van der Waals surface area (Å²) in [5, 5.41) is 3.30. The number of benzene rings is 1. The molecule has 0 aromatic heterocycles. The second-order valence-corrected chi connectivity index (χ2v) is 5.78. The van der Waals surface area contributed by atoms with Crippen LogP contribution in [0.15, 0.2) is 18.2 Å². The number of carbonyl (C=O) groups is 1. The summed E-state index contributed by atoms with van der Waals surface area (Å²) in [6, 6.07) is 5.73. The molecule has 2 nitrogen and oxygen atoms in total. The Bertz CT molecular complexity index is 415. The van der Waals surface area contributed by atoms with Crippen LogP contribution in [0.2, 0.25) is 0 Å². The molecule has 0 aliphatic rings. The van der Waals surface area contributed by atoms with Gasteiger partial charge >= 0.3 is 0 Å². The first kappa shape index (κ1) is 13.9. The molecule has 1 aromatic rings. The third-order valence-electron chi connectivity index (χ3n) is 2.83. The highest BCUT2D eigenvalue weighted by Gasteiger charge is 2.20. The van der Waals surface area contributed by atoms with Gasteiger partial charge in [-0.1, -0.05) is 12.1 Å². The minimum absolute atomic E-state index is 0.0468. The van der Waals surface area contributed by atoms with E-state index in [9.17, 15) is 4.79 Å². The van der Waals surface area contributed by atoms with Crippen LogP contribution in [0.25, 0.3) is 0 Å². The Labute approximate surface area is 104 Å². The molecule has 0 saturated heterocycles. The average molecular weight is 233 g/mol. The van der Waals surface area contributed by atoms with E-state index in [0.29, 0.717) is 0 Å². The fraction of sp³-hybridized carbons (Fsp3) is 0.533. The van der Waals surface area contributed by atoms with Gasteiger partial charge in [-0.05, 0) is 58.7 Å². The smallest absolute Gasteiger partial charge is 0.179 e. The topological polar surface area (TPSA) is 29.1 Å². The van der Waals surface area contributed by atoms with Crippen molar-refractivity contribution in [2.45, 2.75) is 53.1 Å². The number of rotatable bonds is 3. The Morgan fingerprint density at radius 1 is 1.18 bits per heavy atom. The van der Waals surface area contributed by atoms with E-state index < -0.39 is 0 Å². The molecule has 0 radical (unpaired) electrons. The van der Waals surface area contributed by atoms with Gasteiger partial charge in [0.1, 0.15) is 0 Å². The molecule has 0 saturated carbocycles.